The van der Waals surface area contributed by atoms with Crippen LogP contribution in [0.4, 0.5) is 0 Å². The van der Waals surface area contributed by atoms with Crippen molar-refractivity contribution >= 4 is 10.0 Å². The second-order valence-corrected chi connectivity index (χ2v) is 5.81. The molecule has 104 valence electrons. The predicted octanol–water partition coefficient (Wildman–Crippen LogP) is 0.440. The normalized spacial score (nSPS) is 11.6. The Balaban J connectivity index is 2.63. The fourth-order valence-corrected chi connectivity index (χ4v) is 2.43. The van der Waals surface area contributed by atoms with Gasteiger partial charge in [0.15, 0.2) is 5.82 Å². The highest BCUT2D eigenvalue weighted by molar-refractivity contribution is 7.89. The first-order valence-corrected chi connectivity index (χ1v) is 7.23. The van der Waals surface area contributed by atoms with E-state index < -0.39 is 10.0 Å². The Morgan fingerprint density at radius 2 is 2.05 bits per heavy atom. The molecular weight excluding hydrogens is 280 g/mol. The van der Waals surface area contributed by atoms with E-state index in [0.29, 0.717) is 11.3 Å². The molecule has 0 aliphatic rings. The zero-order valence-electron chi connectivity index (χ0n) is 10.8. The van der Waals surface area contributed by atoms with Crippen molar-refractivity contribution in [2.45, 2.75) is 25.0 Å². The summed E-state index contributed by atoms with van der Waals surface area (Å²) in [6.07, 6.45) is 1.38. The van der Waals surface area contributed by atoms with Crippen molar-refractivity contribution in [3.63, 3.8) is 0 Å². The van der Waals surface area contributed by atoms with Crippen LogP contribution >= 0.6 is 0 Å². The van der Waals surface area contributed by atoms with Crippen molar-refractivity contribution in [3.8, 4) is 17.6 Å². The minimum absolute atomic E-state index is 0.217. The lowest BCUT2D eigenvalue weighted by Crippen LogP contribution is -2.20. The molecule has 0 unspecified atom stereocenters. The van der Waals surface area contributed by atoms with Crippen molar-refractivity contribution in [1.82, 2.24) is 19.7 Å². The summed E-state index contributed by atoms with van der Waals surface area (Å²) in [7, 11) is -3.97. The first-order valence-electron chi connectivity index (χ1n) is 5.69. The van der Waals surface area contributed by atoms with Crippen LogP contribution in [0, 0.1) is 11.3 Å². The zero-order valence-corrected chi connectivity index (χ0v) is 11.7. The van der Waals surface area contributed by atoms with E-state index >= 15 is 0 Å². The molecule has 8 nitrogen and oxygen atoms in total. The second kappa shape index (κ2) is 4.99. The molecule has 0 aliphatic carbocycles. The molecule has 0 radical (unpaired) electrons. The molecule has 0 fully saturated rings. The maximum atomic E-state index is 11.5. The van der Waals surface area contributed by atoms with Gasteiger partial charge in [-0.3, -0.25) is 9.55 Å². The van der Waals surface area contributed by atoms with Gasteiger partial charge in [0, 0.05) is 12.2 Å². The Hall–Kier alpha value is -2.31. The predicted molar refractivity (Wildman–Crippen MR) is 69.7 cm³/mol. The number of pyridine rings is 1. The highest BCUT2D eigenvalue weighted by Crippen LogP contribution is 2.22. The van der Waals surface area contributed by atoms with Crippen LogP contribution in [-0.2, 0) is 10.0 Å². The minimum atomic E-state index is -3.97. The lowest BCUT2D eigenvalue weighted by Gasteiger charge is -2.12. The third-order valence-corrected chi connectivity index (χ3v) is 3.34. The average molecular weight is 292 g/mol. The van der Waals surface area contributed by atoms with Gasteiger partial charge in [0.1, 0.15) is 11.8 Å². The Kier molecular flexibility index (Phi) is 3.52. The van der Waals surface area contributed by atoms with E-state index in [1.54, 1.807) is 26.0 Å². The van der Waals surface area contributed by atoms with Crippen molar-refractivity contribution in [3.05, 3.63) is 23.9 Å². The molecule has 2 N–H and O–H groups in total. The number of hydrogen-bond donors (Lipinski definition) is 1. The number of hydrogen-bond acceptors (Lipinski definition) is 6. The number of nitriles is 1. The maximum Gasteiger partial charge on any atom is 0.273 e. The summed E-state index contributed by atoms with van der Waals surface area (Å²) in [6.45, 7) is 3.57. The molecule has 2 heterocycles. The van der Waals surface area contributed by atoms with E-state index in [2.05, 4.69) is 15.2 Å². The van der Waals surface area contributed by atoms with E-state index in [1.165, 1.54) is 10.8 Å². The van der Waals surface area contributed by atoms with Gasteiger partial charge in [-0.1, -0.05) is 0 Å². The summed E-state index contributed by atoms with van der Waals surface area (Å²) >= 11 is 0. The summed E-state index contributed by atoms with van der Waals surface area (Å²) in [5.74, 6) is 0.286. The van der Waals surface area contributed by atoms with Crippen molar-refractivity contribution in [2.75, 3.05) is 0 Å². The SMILES string of the molecule is CC(C)n1c(-c2ccc(C#N)cn2)nnc1S(N)(=O)=O. The summed E-state index contributed by atoms with van der Waals surface area (Å²) in [5.41, 5.74) is 0.816. The van der Waals surface area contributed by atoms with E-state index in [4.69, 9.17) is 10.4 Å². The van der Waals surface area contributed by atoms with Crippen LogP contribution in [0.1, 0.15) is 25.5 Å². The van der Waals surface area contributed by atoms with Crippen LogP contribution in [0.15, 0.2) is 23.5 Å². The Bertz CT molecular complexity index is 770. The van der Waals surface area contributed by atoms with E-state index in [1.807, 2.05) is 6.07 Å². The highest BCUT2D eigenvalue weighted by atomic mass is 32.2. The number of aromatic nitrogens is 4. The number of sulfonamides is 1. The van der Waals surface area contributed by atoms with Crippen molar-refractivity contribution in [1.29, 1.82) is 5.26 Å². The van der Waals surface area contributed by atoms with E-state index in [-0.39, 0.29) is 17.0 Å². The summed E-state index contributed by atoms with van der Waals surface area (Å²) in [6, 6.07) is 4.88. The Labute approximate surface area is 115 Å². The lowest BCUT2D eigenvalue weighted by atomic mass is 10.2. The molecule has 2 rings (SSSR count). The molecule has 20 heavy (non-hydrogen) atoms. The van der Waals surface area contributed by atoms with Gasteiger partial charge in [-0.2, -0.15) is 5.26 Å². The zero-order chi connectivity index (χ0) is 14.9. The molecule has 2 aromatic heterocycles. The van der Waals surface area contributed by atoms with Crippen LogP contribution in [0.5, 0.6) is 0 Å². The smallest absolute Gasteiger partial charge is 0.273 e. The summed E-state index contributed by atoms with van der Waals surface area (Å²) < 4.78 is 24.4. The first kappa shape index (κ1) is 14.1. The van der Waals surface area contributed by atoms with Crippen LogP contribution < -0.4 is 5.14 Å². The largest absolute Gasteiger partial charge is 0.293 e. The first-order chi connectivity index (χ1) is 9.34. The molecule has 0 saturated heterocycles. The van der Waals surface area contributed by atoms with Gasteiger partial charge in [0.2, 0.25) is 0 Å². The van der Waals surface area contributed by atoms with Crippen LogP contribution in [-0.4, -0.2) is 28.2 Å². The van der Waals surface area contributed by atoms with Crippen LogP contribution in [0.2, 0.25) is 0 Å². The quantitative estimate of drug-likeness (QED) is 0.874. The number of nitrogens with two attached hydrogens (primary N) is 1. The minimum Gasteiger partial charge on any atom is -0.293 e. The molecule has 0 bridgehead atoms. The number of primary sulfonamides is 1. The van der Waals surface area contributed by atoms with Crippen molar-refractivity contribution in [2.24, 2.45) is 5.14 Å². The van der Waals surface area contributed by atoms with Gasteiger partial charge in [0.25, 0.3) is 15.2 Å². The number of nitrogens with zero attached hydrogens (tertiary/aromatic N) is 5. The van der Waals surface area contributed by atoms with Gasteiger partial charge in [-0.05, 0) is 26.0 Å². The fourth-order valence-electron chi connectivity index (χ4n) is 1.70. The topological polar surface area (TPSA) is 128 Å². The average Bonchev–Trinajstić information content (AvgIpc) is 2.83. The molecular formula is C11H12N6O2S. The highest BCUT2D eigenvalue weighted by Gasteiger charge is 2.24. The molecule has 9 heteroatoms. The fraction of sp³-hybridized carbons (Fsp3) is 0.273. The third kappa shape index (κ3) is 2.52. The van der Waals surface area contributed by atoms with E-state index in [0.717, 1.165) is 0 Å². The molecule has 2 aromatic rings. The molecule has 0 atom stereocenters. The molecule has 0 spiro atoms. The monoisotopic (exact) mass is 292 g/mol. The summed E-state index contributed by atoms with van der Waals surface area (Å²) in [5, 5.41) is 21.0. The molecule has 0 amide bonds. The Morgan fingerprint density at radius 3 is 2.50 bits per heavy atom. The van der Waals surface area contributed by atoms with Gasteiger partial charge < -0.3 is 0 Å². The van der Waals surface area contributed by atoms with Crippen LogP contribution in [0.3, 0.4) is 0 Å². The standard InChI is InChI=1S/C11H12N6O2S/c1-7(2)17-10(15-16-11(17)20(13,18)19)9-4-3-8(5-12)6-14-9/h3-4,6-7H,1-2H3,(H2,13,18,19). The van der Waals surface area contributed by atoms with Gasteiger partial charge in [-0.25, -0.2) is 13.6 Å². The van der Waals surface area contributed by atoms with Crippen molar-refractivity contribution < 1.29 is 8.42 Å². The Morgan fingerprint density at radius 1 is 1.35 bits per heavy atom. The van der Waals surface area contributed by atoms with Gasteiger partial charge in [0.05, 0.1) is 5.56 Å². The van der Waals surface area contributed by atoms with Gasteiger partial charge >= 0.3 is 0 Å². The lowest BCUT2D eigenvalue weighted by molar-refractivity contribution is 0.524. The molecule has 0 saturated carbocycles. The molecule has 0 aromatic carbocycles. The molecule has 0 aliphatic heterocycles. The summed E-state index contributed by atoms with van der Waals surface area (Å²) in [4.78, 5) is 4.08. The third-order valence-electron chi connectivity index (χ3n) is 2.56. The number of rotatable bonds is 3. The van der Waals surface area contributed by atoms with Gasteiger partial charge in [-0.15, -0.1) is 10.2 Å². The van der Waals surface area contributed by atoms with Crippen LogP contribution in [0.25, 0.3) is 11.5 Å². The van der Waals surface area contributed by atoms with E-state index in [9.17, 15) is 8.42 Å². The second-order valence-electron chi connectivity index (χ2n) is 4.36. The maximum absolute atomic E-state index is 11.5.